The molecule has 3 nitrogen and oxygen atoms in total. The van der Waals surface area contributed by atoms with Gasteiger partial charge in [0.25, 0.3) is 0 Å². The summed E-state index contributed by atoms with van der Waals surface area (Å²) in [5.41, 5.74) is 5.49. The van der Waals surface area contributed by atoms with Crippen LogP contribution in [0.3, 0.4) is 0 Å². The summed E-state index contributed by atoms with van der Waals surface area (Å²) in [6, 6.07) is 20.9. The average molecular weight is 332 g/mol. The van der Waals surface area contributed by atoms with Gasteiger partial charge in [0.1, 0.15) is 12.4 Å². The molecular formula is C22H20O3. The highest BCUT2D eigenvalue weighted by molar-refractivity contribution is 5.90. The molecule has 0 bridgehead atoms. The Balaban J connectivity index is 2.02. The molecule has 0 heterocycles. The Morgan fingerprint density at radius 3 is 2.40 bits per heavy atom. The minimum atomic E-state index is -0.929. The van der Waals surface area contributed by atoms with Crippen LogP contribution in [-0.2, 0) is 6.61 Å². The molecule has 0 spiro atoms. The minimum Gasteiger partial charge on any atom is -0.489 e. The predicted octanol–water partition coefficient (Wildman–Crippen LogP) is 5.25. The van der Waals surface area contributed by atoms with Crippen molar-refractivity contribution in [1.29, 1.82) is 0 Å². The normalized spacial score (nSPS) is 10.5. The molecule has 0 atom stereocenters. The number of ether oxygens (including phenoxy) is 1. The second-order valence-corrected chi connectivity index (χ2v) is 6.03. The standard InChI is InChI=1S/C22H20O3/c1-15-7-6-10-20(16(15)2)21-13-17(22(23)24)11-12-18(21)14-25-19-8-4-3-5-9-19/h3-13H,14H2,1-2H3,(H,23,24). The molecule has 0 unspecified atom stereocenters. The van der Waals surface area contributed by atoms with Crippen molar-refractivity contribution >= 4 is 5.97 Å². The summed E-state index contributed by atoms with van der Waals surface area (Å²) in [6.07, 6.45) is 0. The van der Waals surface area contributed by atoms with Crippen molar-refractivity contribution < 1.29 is 14.6 Å². The monoisotopic (exact) mass is 332 g/mol. The number of aromatic carboxylic acids is 1. The summed E-state index contributed by atoms with van der Waals surface area (Å²) in [7, 11) is 0. The van der Waals surface area contributed by atoms with E-state index in [1.54, 1.807) is 12.1 Å². The molecule has 0 saturated heterocycles. The van der Waals surface area contributed by atoms with Gasteiger partial charge in [-0.2, -0.15) is 0 Å². The summed E-state index contributed by atoms with van der Waals surface area (Å²) >= 11 is 0. The highest BCUT2D eigenvalue weighted by Crippen LogP contribution is 2.30. The van der Waals surface area contributed by atoms with Crippen LogP contribution in [0.25, 0.3) is 11.1 Å². The molecule has 3 aromatic carbocycles. The van der Waals surface area contributed by atoms with E-state index in [1.807, 2.05) is 48.5 Å². The maximum absolute atomic E-state index is 11.4. The number of benzene rings is 3. The van der Waals surface area contributed by atoms with Crippen molar-refractivity contribution in [3.05, 3.63) is 89.0 Å². The van der Waals surface area contributed by atoms with Gasteiger partial charge in [0.05, 0.1) is 5.56 Å². The number of hydrogen-bond acceptors (Lipinski definition) is 2. The number of para-hydroxylation sites is 1. The van der Waals surface area contributed by atoms with Crippen molar-refractivity contribution in [1.82, 2.24) is 0 Å². The van der Waals surface area contributed by atoms with Crippen molar-refractivity contribution in [2.75, 3.05) is 0 Å². The van der Waals surface area contributed by atoms with E-state index >= 15 is 0 Å². The van der Waals surface area contributed by atoms with Crippen molar-refractivity contribution in [2.45, 2.75) is 20.5 Å². The van der Waals surface area contributed by atoms with E-state index in [2.05, 4.69) is 19.9 Å². The van der Waals surface area contributed by atoms with E-state index in [0.29, 0.717) is 6.61 Å². The van der Waals surface area contributed by atoms with E-state index in [9.17, 15) is 9.90 Å². The smallest absolute Gasteiger partial charge is 0.335 e. The van der Waals surface area contributed by atoms with Gasteiger partial charge in [0.2, 0.25) is 0 Å². The lowest BCUT2D eigenvalue weighted by Gasteiger charge is -2.15. The van der Waals surface area contributed by atoms with Crippen molar-refractivity contribution in [3.63, 3.8) is 0 Å². The first-order valence-corrected chi connectivity index (χ1v) is 8.17. The quantitative estimate of drug-likeness (QED) is 0.694. The number of rotatable bonds is 5. The first kappa shape index (κ1) is 16.8. The summed E-state index contributed by atoms with van der Waals surface area (Å²) in [4.78, 5) is 11.4. The lowest BCUT2D eigenvalue weighted by Crippen LogP contribution is -2.03. The van der Waals surface area contributed by atoms with E-state index in [-0.39, 0.29) is 5.56 Å². The van der Waals surface area contributed by atoms with Crippen molar-refractivity contribution in [2.24, 2.45) is 0 Å². The summed E-state index contributed by atoms with van der Waals surface area (Å²) in [5, 5.41) is 9.35. The minimum absolute atomic E-state index is 0.277. The maximum atomic E-state index is 11.4. The third kappa shape index (κ3) is 3.72. The summed E-state index contributed by atoms with van der Waals surface area (Å²) < 4.78 is 5.88. The van der Waals surface area contributed by atoms with E-state index < -0.39 is 5.97 Å². The summed E-state index contributed by atoms with van der Waals surface area (Å²) in [5.74, 6) is -0.140. The molecule has 1 N–H and O–H groups in total. The molecule has 0 aliphatic heterocycles. The zero-order valence-electron chi connectivity index (χ0n) is 14.3. The van der Waals surface area contributed by atoms with Crippen molar-refractivity contribution in [3.8, 4) is 16.9 Å². The van der Waals surface area contributed by atoms with Crippen LogP contribution >= 0.6 is 0 Å². The van der Waals surface area contributed by atoms with Gasteiger partial charge in [-0.05, 0) is 65.9 Å². The Hall–Kier alpha value is -3.07. The molecular weight excluding hydrogens is 312 g/mol. The van der Waals surface area contributed by atoms with E-state index in [4.69, 9.17) is 4.74 Å². The molecule has 25 heavy (non-hydrogen) atoms. The highest BCUT2D eigenvalue weighted by Gasteiger charge is 2.13. The van der Waals surface area contributed by atoms with Gasteiger partial charge in [0, 0.05) is 0 Å². The largest absolute Gasteiger partial charge is 0.489 e. The Bertz CT molecular complexity index is 898. The first-order valence-electron chi connectivity index (χ1n) is 8.17. The Kier molecular flexibility index (Phi) is 4.85. The van der Waals surface area contributed by atoms with Gasteiger partial charge in [-0.15, -0.1) is 0 Å². The number of carboxylic acid groups (broad SMARTS) is 1. The zero-order chi connectivity index (χ0) is 17.8. The molecule has 0 aliphatic rings. The SMILES string of the molecule is Cc1cccc(-c2cc(C(=O)O)ccc2COc2ccccc2)c1C. The molecule has 0 radical (unpaired) electrons. The Labute approximate surface area is 147 Å². The average Bonchev–Trinajstić information content (AvgIpc) is 2.63. The summed E-state index contributed by atoms with van der Waals surface area (Å²) in [6.45, 7) is 4.49. The maximum Gasteiger partial charge on any atom is 0.335 e. The Morgan fingerprint density at radius 2 is 1.68 bits per heavy atom. The van der Waals surface area contributed by atoms with Crippen LogP contribution in [0.15, 0.2) is 66.7 Å². The van der Waals surface area contributed by atoms with Gasteiger partial charge in [-0.1, -0.05) is 42.5 Å². The van der Waals surface area contributed by atoms with Gasteiger partial charge >= 0.3 is 5.97 Å². The number of aryl methyl sites for hydroxylation is 1. The van der Waals surface area contributed by atoms with Crippen LogP contribution in [-0.4, -0.2) is 11.1 Å². The fourth-order valence-electron chi connectivity index (χ4n) is 2.81. The topological polar surface area (TPSA) is 46.5 Å². The van der Waals surface area contributed by atoms with Crippen LogP contribution in [0.5, 0.6) is 5.75 Å². The fourth-order valence-corrected chi connectivity index (χ4v) is 2.81. The molecule has 3 aromatic rings. The van der Waals surface area contributed by atoms with Crippen LogP contribution in [0.4, 0.5) is 0 Å². The molecule has 0 fully saturated rings. The van der Waals surface area contributed by atoms with E-state index in [0.717, 1.165) is 28.0 Å². The molecule has 0 aliphatic carbocycles. The lowest BCUT2D eigenvalue weighted by molar-refractivity contribution is 0.0697. The number of hydrogen-bond donors (Lipinski definition) is 1. The second kappa shape index (κ2) is 7.22. The van der Waals surface area contributed by atoms with Crippen LogP contribution in [0.1, 0.15) is 27.0 Å². The lowest BCUT2D eigenvalue weighted by atomic mass is 9.92. The third-order valence-corrected chi connectivity index (χ3v) is 4.39. The first-order chi connectivity index (χ1) is 12.1. The van der Waals surface area contributed by atoms with Crippen LogP contribution < -0.4 is 4.74 Å². The van der Waals surface area contributed by atoms with Gasteiger partial charge in [-0.3, -0.25) is 0 Å². The van der Waals surface area contributed by atoms with Gasteiger partial charge in [0.15, 0.2) is 0 Å². The van der Waals surface area contributed by atoms with Crippen LogP contribution in [0, 0.1) is 13.8 Å². The molecule has 0 amide bonds. The molecule has 0 aromatic heterocycles. The third-order valence-electron chi connectivity index (χ3n) is 4.39. The van der Waals surface area contributed by atoms with E-state index in [1.165, 1.54) is 5.56 Å². The molecule has 3 heteroatoms. The van der Waals surface area contributed by atoms with Crippen LogP contribution in [0.2, 0.25) is 0 Å². The molecule has 126 valence electrons. The second-order valence-electron chi connectivity index (χ2n) is 6.03. The fraction of sp³-hybridized carbons (Fsp3) is 0.136. The van der Waals surface area contributed by atoms with Gasteiger partial charge in [-0.25, -0.2) is 4.79 Å². The predicted molar refractivity (Wildman–Crippen MR) is 99.1 cm³/mol. The highest BCUT2D eigenvalue weighted by atomic mass is 16.5. The molecule has 0 saturated carbocycles. The molecule has 3 rings (SSSR count). The Morgan fingerprint density at radius 1 is 0.920 bits per heavy atom. The number of carboxylic acids is 1. The number of carbonyl (C=O) groups is 1. The zero-order valence-corrected chi connectivity index (χ0v) is 14.3. The van der Waals surface area contributed by atoms with Gasteiger partial charge < -0.3 is 9.84 Å².